The number of ether oxygens (including phenoxy) is 5. The van der Waals surface area contributed by atoms with Gasteiger partial charge in [-0.25, -0.2) is 0 Å². The van der Waals surface area contributed by atoms with E-state index in [1.807, 2.05) is 91.0 Å². The number of methoxy groups -OCH3 is 1. The van der Waals surface area contributed by atoms with Crippen LogP contribution in [0.5, 0.6) is 0 Å². The van der Waals surface area contributed by atoms with E-state index in [4.69, 9.17) is 23.7 Å². The normalized spacial score (nSPS) is 24.0. The van der Waals surface area contributed by atoms with Crippen molar-refractivity contribution < 1.29 is 38.0 Å². The lowest BCUT2D eigenvalue weighted by Gasteiger charge is -2.45. The van der Waals surface area contributed by atoms with Crippen molar-refractivity contribution in [2.24, 2.45) is 0 Å². The van der Waals surface area contributed by atoms with E-state index in [0.29, 0.717) is 0 Å². The molecule has 2 N–H and O–H groups in total. The zero-order chi connectivity index (χ0) is 26.8. The number of hydrogen-bond acceptors (Lipinski definition) is 6. The maximum Gasteiger partial charge on any atom is 0.348 e. The summed E-state index contributed by atoms with van der Waals surface area (Å²) >= 11 is 0. The Balaban J connectivity index is 1.64. The molecule has 4 rings (SSSR count). The Kier molecular flexibility index (Phi) is 10.4. The third kappa shape index (κ3) is 8.43. The monoisotopic (exact) mass is 540 g/mol. The van der Waals surface area contributed by atoms with E-state index in [1.54, 1.807) is 0 Å². The lowest BCUT2D eigenvalue weighted by Crippen LogP contribution is -2.60. The minimum atomic E-state index is -4.44. The summed E-state index contributed by atoms with van der Waals surface area (Å²) in [6.45, 7) is 0.797. The summed E-state index contributed by atoms with van der Waals surface area (Å²) in [5, 5.41) is 0. The highest BCUT2D eigenvalue weighted by atomic mass is 31.2. The standard InChI is InChI=1S/C29H33O8P/c1-33-29-28(36-21-24-15-9-4-10-16-24)27(35-20-23-13-7-3-8-14-23)26(25(37-29)17-18-38(30,31)32)34-19-22-11-5-2-6-12-22/h2-18,25-29H,19-21H2,1H3,(H2,30,31,32)/t25-,26-,27+,28+,29+/m1/s1. The molecule has 0 saturated carbocycles. The van der Waals surface area contributed by atoms with Gasteiger partial charge in [0.25, 0.3) is 0 Å². The van der Waals surface area contributed by atoms with Crippen molar-refractivity contribution in [2.45, 2.75) is 50.5 Å². The Morgan fingerprint density at radius 1 is 0.711 bits per heavy atom. The average molecular weight is 541 g/mol. The molecule has 8 nitrogen and oxygen atoms in total. The van der Waals surface area contributed by atoms with Crippen LogP contribution in [0.25, 0.3) is 0 Å². The number of hydrogen-bond donors (Lipinski definition) is 2. The molecule has 9 heteroatoms. The fourth-order valence-corrected chi connectivity index (χ4v) is 4.63. The molecule has 1 fully saturated rings. The van der Waals surface area contributed by atoms with Gasteiger partial charge in [-0.3, -0.25) is 4.57 Å². The van der Waals surface area contributed by atoms with Gasteiger partial charge in [-0.05, 0) is 22.8 Å². The van der Waals surface area contributed by atoms with E-state index in [2.05, 4.69) is 0 Å². The van der Waals surface area contributed by atoms with Crippen LogP contribution in [0.3, 0.4) is 0 Å². The molecule has 0 bridgehead atoms. The van der Waals surface area contributed by atoms with Crippen molar-refractivity contribution in [3.05, 3.63) is 120 Å². The van der Waals surface area contributed by atoms with E-state index in [1.165, 1.54) is 13.2 Å². The molecule has 1 aliphatic rings. The van der Waals surface area contributed by atoms with Gasteiger partial charge in [0.15, 0.2) is 6.29 Å². The first-order valence-corrected chi connectivity index (χ1v) is 14.0. The SMILES string of the molecule is CO[C@H]1O[C@H](C=CP(=O)(O)O)[C@@H](OCc2ccccc2)[C@H](OCc2ccccc2)[C@@H]1OCc1ccccc1. The van der Waals surface area contributed by atoms with Crippen LogP contribution >= 0.6 is 7.60 Å². The summed E-state index contributed by atoms with van der Waals surface area (Å²) < 4.78 is 42.5. The van der Waals surface area contributed by atoms with Crippen LogP contribution in [0.2, 0.25) is 0 Å². The minimum absolute atomic E-state index is 0.239. The molecule has 1 aliphatic heterocycles. The van der Waals surface area contributed by atoms with Gasteiger partial charge in [0.05, 0.1) is 19.8 Å². The maximum absolute atomic E-state index is 11.7. The third-order valence-electron chi connectivity index (χ3n) is 6.09. The molecule has 0 radical (unpaired) electrons. The van der Waals surface area contributed by atoms with Gasteiger partial charge in [0.1, 0.15) is 24.4 Å². The molecule has 1 heterocycles. The van der Waals surface area contributed by atoms with Gasteiger partial charge >= 0.3 is 7.60 Å². The molecule has 202 valence electrons. The average Bonchev–Trinajstić information content (AvgIpc) is 2.94. The van der Waals surface area contributed by atoms with Crippen LogP contribution in [-0.4, -0.2) is 47.6 Å². The van der Waals surface area contributed by atoms with Crippen molar-refractivity contribution in [1.82, 2.24) is 0 Å². The summed E-state index contributed by atoms with van der Waals surface area (Å²) in [6.07, 6.45) is -2.56. The van der Waals surface area contributed by atoms with E-state index in [-0.39, 0.29) is 19.8 Å². The van der Waals surface area contributed by atoms with E-state index < -0.39 is 38.3 Å². The molecule has 3 aromatic carbocycles. The molecule has 0 aliphatic carbocycles. The van der Waals surface area contributed by atoms with E-state index in [9.17, 15) is 14.4 Å². The van der Waals surface area contributed by atoms with Gasteiger partial charge in [-0.15, -0.1) is 0 Å². The summed E-state index contributed by atoms with van der Waals surface area (Å²) in [6, 6.07) is 29.0. The van der Waals surface area contributed by atoms with Gasteiger partial charge in [0.2, 0.25) is 0 Å². The van der Waals surface area contributed by atoms with Crippen molar-refractivity contribution >= 4 is 7.60 Å². The molecule has 3 aromatic rings. The molecule has 0 aromatic heterocycles. The molecular formula is C29H33O8P. The number of rotatable bonds is 12. The minimum Gasteiger partial charge on any atom is -0.368 e. The first-order valence-electron chi connectivity index (χ1n) is 12.3. The fourth-order valence-electron chi connectivity index (χ4n) is 4.23. The molecule has 1 saturated heterocycles. The zero-order valence-corrected chi connectivity index (χ0v) is 22.0. The fraction of sp³-hybridized carbons (Fsp3) is 0.310. The van der Waals surface area contributed by atoms with Gasteiger partial charge in [0, 0.05) is 12.9 Å². The highest BCUT2D eigenvalue weighted by molar-refractivity contribution is 7.55. The summed E-state index contributed by atoms with van der Waals surface area (Å²) in [5.41, 5.74) is 2.86. The second kappa shape index (κ2) is 13.9. The Bertz CT molecular complexity index is 1170. The Hall–Kier alpha value is -2.65. The molecule has 38 heavy (non-hydrogen) atoms. The van der Waals surface area contributed by atoms with Crippen LogP contribution in [0.15, 0.2) is 103 Å². The van der Waals surface area contributed by atoms with E-state index in [0.717, 1.165) is 22.5 Å². The van der Waals surface area contributed by atoms with Crippen LogP contribution in [0, 0.1) is 0 Å². The molecule has 0 unspecified atom stereocenters. The molecule has 0 amide bonds. The van der Waals surface area contributed by atoms with Crippen LogP contribution in [0.4, 0.5) is 0 Å². The summed E-state index contributed by atoms with van der Waals surface area (Å²) in [7, 11) is -2.95. The number of benzene rings is 3. The summed E-state index contributed by atoms with van der Waals surface area (Å²) in [4.78, 5) is 19.0. The quantitative estimate of drug-likeness (QED) is 0.316. The van der Waals surface area contributed by atoms with Crippen LogP contribution < -0.4 is 0 Å². The molecule has 0 spiro atoms. The van der Waals surface area contributed by atoms with Crippen molar-refractivity contribution in [3.63, 3.8) is 0 Å². The largest absolute Gasteiger partial charge is 0.368 e. The van der Waals surface area contributed by atoms with Crippen molar-refractivity contribution in [2.75, 3.05) is 7.11 Å². The Morgan fingerprint density at radius 2 is 1.13 bits per heavy atom. The second-order valence-electron chi connectivity index (χ2n) is 8.92. The van der Waals surface area contributed by atoms with E-state index >= 15 is 0 Å². The van der Waals surface area contributed by atoms with Crippen molar-refractivity contribution in [3.8, 4) is 0 Å². The predicted molar refractivity (Wildman–Crippen MR) is 142 cm³/mol. The smallest absolute Gasteiger partial charge is 0.348 e. The van der Waals surface area contributed by atoms with Crippen LogP contribution in [-0.2, 0) is 48.1 Å². The predicted octanol–water partition coefficient (Wildman–Crippen LogP) is 4.81. The van der Waals surface area contributed by atoms with Gasteiger partial charge < -0.3 is 33.5 Å². The van der Waals surface area contributed by atoms with Crippen LogP contribution in [0.1, 0.15) is 16.7 Å². The highest BCUT2D eigenvalue weighted by Gasteiger charge is 2.48. The molecular weight excluding hydrogens is 507 g/mol. The second-order valence-corrected chi connectivity index (χ2v) is 10.4. The topological polar surface area (TPSA) is 104 Å². The maximum atomic E-state index is 11.7. The summed E-state index contributed by atoms with van der Waals surface area (Å²) in [5.74, 6) is 0.822. The van der Waals surface area contributed by atoms with Crippen molar-refractivity contribution in [1.29, 1.82) is 0 Å². The Morgan fingerprint density at radius 3 is 1.55 bits per heavy atom. The third-order valence-corrected chi connectivity index (χ3v) is 6.65. The Labute approximate surface area is 222 Å². The first-order chi connectivity index (χ1) is 18.4. The lowest BCUT2D eigenvalue weighted by atomic mass is 9.97. The lowest BCUT2D eigenvalue weighted by molar-refractivity contribution is -0.309. The zero-order valence-electron chi connectivity index (χ0n) is 21.1. The van der Waals surface area contributed by atoms with Gasteiger partial charge in [-0.1, -0.05) is 91.0 Å². The molecule has 5 atom stereocenters. The first kappa shape index (κ1) is 28.4. The highest BCUT2D eigenvalue weighted by Crippen LogP contribution is 2.38. The van der Waals surface area contributed by atoms with Gasteiger partial charge in [-0.2, -0.15) is 0 Å².